The molecule has 1 unspecified atom stereocenters. The summed E-state index contributed by atoms with van der Waals surface area (Å²) in [5.41, 5.74) is 0. The number of hydrogen-bond donors (Lipinski definition) is 1. The van der Waals surface area contributed by atoms with Gasteiger partial charge in [-0.05, 0) is 6.92 Å². The third kappa shape index (κ3) is 4.41. The summed E-state index contributed by atoms with van der Waals surface area (Å²) < 4.78 is 7.04. The largest absolute Gasteiger partial charge is 0.374 e. The summed E-state index contributed by atoms with van der Waals surface area (Å²) in [4.78, 5) is 12.5. The average molecular weight is 203 g/mol. The fourth-order valence-electron chi connectivity index (χ4n) is 0.874. The zero-order valence-corrected chi connectivity index (χ0v) is 8.25. The Morgan fingerprint density at radius 3 is 2.57 bits per heavy atom. The Kier molecular flexibility index (Phi) is 5.23. The van der Waals surface area contributed by atoms with Crippen LogP contribution in [0.25, 0.3) is 0 Å². The Morgan fingerprint density at radius 2 is 2.29 bits per heavy atom. The normalized spacial score (nSPS) is 11.4. The van der Waals surface area contributed by atoms with E-state index < -0.39 is 5.09 Å². The Labute approximate surface area is 81.1 Å². The zero-order valence-electron chi connectivity index (χ0n) is 8.25. The van der Waals surface area contributed by atoms with Crippen molar-refractivity contribution in [3.63, 3.8) is 0 Å². The van der Waals surface area contributed by atoms with Crippen LogP contribution in [0, 0.1) is 10.1 Å². The molecule has 1 heterocycles. The molecule has 0 bridgehead atoms. The molecule has 1 aromatic heterocycles. The minimum atomic E-state index is -1.50. The van der Waals surface area contributed by atoms with Gasteiger partial charge in [-0.1, -0.05) is 0 Å². The van der Waals surface area contributed by atoms with Crippen LogP contribution in [0.4, 0.5) is 0 Å². The third-order valence-electron chi connectivity index (χ3n) is 1.58. The van der Waals surface area contributed by atoms with Crippen LogP contribution in [-0.4, -0.2) is 27.0 Å². The van der Waals surface area contributed by atoms with Crippen molar-refractivity contribution in [2.24, 2.45) is 7.05 Å². The quantitative estimate of drug-likeness (QED) is 0.566. The first-order valence-electron chi connectivity index (χ1n) is 3.82. The van der Waals surface area contributed by atoms with E-state index >= 15 is 0 Å². The molecule has 0 saturated carbocycles. The van der Waals surface area contributed by atoms with Gasteiger partial charge in [0.1, 0.15) is 11.9 Å². The first-order valence-corrected chi connectivity index (χ1v) is 3.82. The Morgan fingerprint density at radius 1 is 1.79 bits per heavy atom. The van der Waals surface area contributed by atoms with Gasteiger partial charge in [-0.3, -0.25) is 0 Å². The molecule has 1 aromatic rings. The summed E-state index contributed by atoms with van der Waals surface area (Å²) in [6.07, 6.45) is 3.76. The number of ether oxygens (including phenoxy) is 1. The summed E-state index contributed by atoms with van der Waals surface area (Å²) in [6, 6.07) is 0. The smallest absolute Gasteiger partial charge is 0.291 e. The fourth-order valence-corrected chi connectivity index (χ4v) is 0.874. The lowest BCUT2D eigenvalue weighted by Gasteiger charge is -2.07. The molecule has 0 aliphatic rings. The van der Waals surface area contributed by atoms with Crippen LogP contribution in [0.3, 0.4) is 0 Å². The molecule has 0 saturated heterocycles. The molecule has 1 N–H and O–H groups in total. The van der Waals surface area contributed by atoms with Crippen LogP contribution in [0.1, 0.15) is 18.9 Å². The molecule has 7 heteroatoms. The molecule has 0 radical (unpaired) electrons. The van der Waals surface area contributed by atoms with Gasteiger partial charge in [-0.2, -0.15) is 0 Å². The van der Waals surface area contributed by atoms with Crippen molar-refractivity contribution in [2.45, 2.75) is 13.0 Å². The van der Waals surface area contributed by atoms with Gasteiger partial charge in [0.2, 0.25) is 0 Å². The van der Waals surface area contributed by atoms with Crippen LogP contribution < -0.4 is 0 Å². The number of hydrogen-bond acceptors (Lipinski definition) is 4. The van der Waals surface area contributed by atoms with Crippen molar-refractivity contribution in [3.8, 4) is 0 Å². The third-order valence-corrected chi connectivity index (χ3v) is 1.58. The predicted octanol–water partition coefficient (Wildman–Crippen LogP) is 0.780. The van der Waals surface area contributed by atoms with Crippen molar-refractivity contribution in [1.29, 1.82) is 0 Å². The van der Waals surface area contributed by atoms with E-state index in [1.54, 1.807) is 13.3 Å². The minimum Gasteiger partial charge on any atom is -0.374 e. The summed E-state index contributed by atoms with van der Waals surface area (Å²) in [6.45, 7) is 1.97. The molecule has 1 rings (SSSR count). The lowest BCUT2D eigenvalue weighted by molar-refractivity contribution is -0.742. The van der Waals surface area contributed by atoms with E-state index in [9.17, 15) is 0 Å². The van der Waals surface area contributed by atoms with Gasteiger partial charge in [0.25, 0.3) is 5.09 Å². The van der Waals surface area contributed by atoms with E-state index in [1.807, 2.05) is 24.7 Å². The minimum absolute atomic E-state index is 0.0833. The highest BCUT2D eigenvalue weighted by Gasteiger charge is 2.06. The van der Waals surface area contributed by atoms with Crippen molar-refractivity contribution >= 4 is 0 Å². The molecule has 0 amide bonds. The Hall–Kier alpha value is -1.63. The lowest BCUT2D eigenvalue weighted by atomic mass is 10.4. The molecular weight excluding hydrogens is 190 g/mol. The standard InChI is InChI=1S/C7H12N2O.HNO3/c1-6(10-3)7-8-4-5-9(7)2;2-1(3)4/h4-6H,1-3H3;(H,2,3,4). The molecule has 1 atom stereocenters. The highest BCUT2D eigenvalue weighted by atomic mass is 16.9. The van der Waals surface area contributed by atoms with E-state index in [1.165, 1.54) is 0 Å². The number of aryl methyl sites for hydroxylation is 1. The number of rotatable bonds is 2. The number of methoxy groups -OCH3 is 1. The monoisotopic (exact) mass is 203 g/mol. The molecule has 0 fully saturated rings. The van der Waals surface area contributed by atoms with E-state index in [-0.39, 0.29) is 6.10 Å². The van der Waals surface area contributed by atoms with Crippen molar-refractivity contribution in [1.82, 2.24) is 9.55 Å². The topological polar surface area (TPSA) is 90.4 Å². The molecule has 0 aromatic carbocycles. The molecule has 7 nitrogen and oxygen atoms in total. The van der Waals surface area contributed by atoms with Crippen molar-refractivity contribution in [3.05, 3.63) is 28.3 Å². The second-order valence-electron chi connectivity index (χ2n) is 2.51. The SMILES string of the molecule is COC(C)c1nccn1C.O=[N+]([O-])O. The van der Waals surface area contributed by atoms with Gasteiger partial charge in [0.15, 0.2) is 0 Å². The molecule has 0 spiro atoms. The summed E-state index contributed by atoms with van der Waals surface area (Å²) in [5, 5.41) is 13.6. The molecule has 80 valence electrons. The second kappa shape index (κ2) is 5.92. The van der Waals surface area contributed by atoms with E-state index in [4.69, 9.17) is 20.1 Å². The summed E-state index contributed by atoms with van der Waals surface area (Å²) >= 11 is 0. The Balaban J connectivity index is 0.000000364. The fraction of sp³-hybridized carbons (Fsp3) is 0.571. The average Bonchev–Trinajstić information content (AvgIpc) is 2.49. The van der Waals surface area contributed by atoms with Gasteiger partial charge >= 0.3 is 0 Å². The van der Waals surface area contributed by atoms with Crippen molar-refractivity contribution < 1.29 is 15.0 Å². The second-order valence-corrected chi connectivity index (χ2v) is 2.51. The molecule has 14 heavy (non-hydrogen) atoms. The van der Waals surface area contributed by atoms with Crippen LogP contribution >= 0.6 is 0 Å². The molecule has 0 aliphatic heterocycles. The van der Waals surface area contributed by atoms with Crippen LogP contribution in [0.2, 0.25) is 0 Å². The summed E-state index contributed by atoms with van der Waals surface area (Å²) in [5.74, 6) is 0.961. The van der Waals surface area contributed by atoms with Crippen molar-refractivity contribution in [2.75, 3.05) is 7.11 Å². The molecular formula is C7H13N3O4. The maximum Gasteiger partial charge on any atom is 0.291 e. The number of aromatic nitrogens is 2. The number of nitrogens with zero attached hydrogens (tertiary/aromatic N) is 3. The van der Waals surface area contributed by atoms with Gasteiger partial charge < -0.3 is 14.5 Å². The maximum atomic E-state index is 8.36. The van der Waals surface area contributed by atoms with Gasteiger partial charge in [-0.25, -0.2) is 4.98 Å². The highest BCUT2D eigenvalue weighted by Crippen LogP contribution is 2.10. The Bertz CT molecular complexity index is 282. The van der Waals surface area contributed by atoms with Gasteiger partial charge in [-0.15, -0.1) is 10.1 Å². The lowest BCUT2D eigenvalue weighted by Crippen LogP contribution is -2.03. The zero-order chi connectivity index (χ0) is 11.1. The predicted molar refractivity (Wildman–Crippen MR) is 47.4 cm³/mol. The van der Waals surface area contributed by atoms with Gasteiger partial charge in [0, 0.05) is 26.6 Å². The maximum absolute atomic E-state index is 8.36. The molecule has 0 aliphatic carbocycles. The summed E-state index contributed by atoms with van der Waals surface area (Å²) in [7, 11) is 3.64. The van der Waals surface area contributed by atoms with Crippen LogP contribution in [-0.2, 0) is 11.8 Å². The van der Waals surface area contributed by atoms with E-state index in [0.29, 0.717) is 0 Å². The highest BCUT2D eigenvalue weighted by molar-refractivity contribution is 4.94. The first-order chi connectivity index (χ1) is 6.49. The first kappa shape index (κ1) is 12.4. The van der Waals surface area contributed by atoms with Crippen LogP contribution in [0.5, 0.6) is 0 Å². The van der Waals surface area contributed by atoms with E-state index in [2.05, 4.69) is 4.98 Å². The number of imidazole rings is 1. The van der Waals surface area contributed by atoms with Crippen LogP contribution in [0.15, 0.2) is 12.4 Å². The van der Waals surface area contributed by atoms with E-state index in [0.717, 1.165) is 5.82 Å². The van der Waals surface area contributed by atoms with Gasteiger partial charge in [0.05, 0.1) is 0 Å².